The first-order valence-corrected chi connectivity index (χ1v) is 9.45. The highest BCUT2D eigenvalue weighted by atomic mass is 35.5. The molecule has 1 aliphatic heterocycles. The van der Waals surface area contributed by atoms with Crippen molar-refractivity contribution >= 4 is 17.6 Å². The average Bonchev–Trinajstić information content (AvgIpc) is 3.07. The number of rotatable bonds is 9. The van der Waals surface area contributed by atoms with Crippen LogP contribution < -0.4 is 5.32 Å². The number of methoxy groups -OCH3 is 1. The Morgan fingerprint density at radius 3 is 3.04 bits per heavy atom. The van der Waals surface area contributed by atoms with Gasteiger partial charge in [0.25, 0.3) is 0 Å². The SMILES string of the molecule is CCNC(=NCCc1cccc(Cl)c1)N1CCC(COCCOC)C1. The van der Waals surface area contributed by atoms with E-state index in [2.05, 4.69) is 23.2 Å². The van der Waals surface area contributed by atoms with Crippen molar-refractivity contribution in [3.8, 4) is 0 Å². The number of guanidine groups is 1. The van der Waals surface area contributed by atoms with Gasteiger partial charge in [0.05, 0.1) is 19.8 Å². The van der Waals surface area contributed by atoms with Gasteiger partial charge in [-0.15, -0.1) is 0 Å². The number of aliphatic imine (C=N–C) groups is 1. The van der Waals surface area contributed by atoms with E-state index in [1.54, 1.807) is 7.11 Å². The Labute approximate surface area is 156 Å². The Morgan fingerprint density at radius 1 is 1.40 bits per heavy atom. The van der Waals surface area contributed by atoms with Crippen molar-refractivity contribution in [1.29, 1.82) is 0 Å². The summed E-state index contributed by atoms with van der Waals surface area (Å²) in [5.74, 6) is 1.57. The molecule has 0 radical (unpaired) electrons. The number of nitrogens with zero attached hydrogens (tertiary/aromatic N) is 2. The van der Waals surface area contributed by atoms with Gasteiger partial charge < -0.3 is 19.7 Å². The third kappa shape index (κ3) is 7.22. The van der Waals surface area contributed by atoms with Crippen LogP contribution in [0, 0.1) is 5.92 Å². The molecule has 0 aromatic heterocycles. The molecule has 0 bridgehead atoms. The summed E-state index contributed by atoms with van der Waals surface area (Å²) >= 11 is 6.04. The van der Waals surface area contributed by atoms with Crippen molar-refractivity contribution in [2.45, 2.75) is 19.8 Å². The predicted molar refractivity (Wildman–Crippen MR) is 104 cm³/mol. The number of benzene rings is 1. The number of likely N-dealkylation sites (tertiary alicyclic amines) is 1. The number of hydrogen-bond donors (Lipinski definition) is 1. The molecule has 1 atom stereocenters. The summed E-state index contributed by atoms with van der Waals surface area (Å²) in [5, 5.41) is 4.19. The molecule has 0 saturated carbocycles. The van der Waals surface area contributed by atoms with Gasteiger partial charge in [-0.3, -0.25) is 4.99 Å². The van der Waals surface area contributed by atoms with E-state index >= 15 is 0 Å². The second-order valence-electron chi connectivity index (χ2n) is 6.28. The zero-order chi connectivity index (χ0) is 17.9. The lowest BCUT2D eigenvalue weighted by Gasteiger charge is -2.21. The Kier molecular flexibility index (Phi) is 9.08. The minimum absolute atomic E-state index is 0.564. The van der Waals surface area contributed by atoms with Crippen LogP contribution in [0.4, 0.5) is 0 Å². The minimum atomic E-state index is 0.564. The summed E-state index contributed by atoms with van der Waals surface area (Å²) in [7, 11) is 1.70. The van der Waals surface area contributed by atoms with Crippen molar-refractivity contribution in [3.63, 3.8) is 0 Å². The van der Waals surface area contributed by atoms with Gasteiger partial charge in [-0.1, -0.05) is 23.7 Å². The van der Waals surface area contributed by atoms with Crippen molar-refractivity contribution < 1.29 is 9.47 Å². The first-order chi connectivity index (χ1) is 12.2. The maximum absolute atomic E-state index is 6.04. The standard InChI is InChI=1S/C19H30ClN3O2/c1-3-21-19(22-9-7-16-5-4-6-18(20)13-16)23-10-8-17(14-23)15-25-12-11-24-2/h4-6,13,17H,3,7-12,14-15H2,1-2H3,(H,21,22). The van der Waals surface area contributed by atoms with E-state index in [1.807, 2.05) is 18.2 Å². The maximum atomic E-state index is 6.04. The Bertz CT molecular complexity index is 539. The molecule has 5 nitrogen and oxygen atoms in total. The number of halogens is 1. The highest BCUT2D eigenvalue weighted by Gasteiger charge is 2.24. The second-order valence-corrected chi connectivity index (χ2v) is 6.72. The molecular formula is C19H30ClN3O2. The van der Waals surface area contributed by atoms with Crippen LogP contribution >= 0.6 is 11.6 Å². The van der Waals surface area contributed by atoms with E-state index in [9.17, 15) is 0 Å². The van der Waals surface area contributed by atoms with Crippen LogP contribution in [0.25, 0.3) is 0 Å². The molecule has 1 aromatic carbocycles. The van der Waals surface area contributed by atoms with E-state index in [1.165, 1.54) is 5.56 Å². The van der Waals surface area contributed by atoms with Crippen molar-refractivity contribution in [1.82, 2.24) is 10.2 Å². The van der Waals surface area contributed by atoms with Gasteiger partial charge in [0.1, 0.15) is 0 Å². The molecule has 1 fully saturated rings. The minimum Gasteiger partial charge on any atom is -0.382 e. The number of ether oxygens (including phenoxy) is 2. The van der Waals surface area contributed by atoms with Crippen molar-refractivity contribution in [2.24, 2.45) is 10.9 Å². The Hall–Kier alpha value is -1.30. The lowest BCUT2D eigenvalue weighted by Crippen LogP contribution is -2.40. The molecule has 140 valence electrons. The van der Waals surface area contributed by atoms with Gasteiger partial charge in [0, 0.05) is 44.2 Å². The summed E-state index contributed by atoms with van der Waals surface area (Å²) in [6.45, 7) is 7.88. The van der Waals surface area contributed by atoms with Crippen LogP contribution in [0.15, 0.2) is 29.3 Å². The van der Waals surface area contributed by atoms with Crippen molar-refractivity contribution in [2.75, 3.05) is 53.1 Å². The normalized spacial score (nSPS) is 18.0. The largest absolute Gasteiger partial charge is 0.382 e. The summed E-state index contributed by atoms with van der Waals surface area (Å²) in [6.07, 6.45) is 2.04. The van der Waals surface area contributed by atoms with E-state index < -0.39 is 0 Å². The van der Waals surface area contributed by atoms with Gasteiger partial charge in [0.15, 0.2) is 5.96 Å². The second kappa shape index (κ2) is 11.3. The number of hydrogen-bond acceptors (Lipinski definition) is 3. The lowest BCUT2D eigenvalue weighted by molar-refractivity contribution is 0.0536. The van der Waals surface area contributed by atoms with Crippen LogP contribution in [0.2, 0.25) is 5.02 Å². The fraction of sp³-hybridized carbons (Fsp3) is 0.632. The monoisotopic (exact) mass is 367 g/mol. The topological polar surface area (TPSA) is 46.1 Å². The molecule has 1 heterocycles. The highest BCUT2D eigenvalue weighted by molar-refractivity contribution is 6.30. The quantitative estimate of drug-likeness (QED) is 0.414. The third-order valence-corrected chi connectivity index (χ3v) is 4.49. The summed E-state index contributed by atoms with van der Waals surface area (Å²) < 4.78 is 10.7. The lowest BCUT2D eigenvalue weighted by atomic mass is 10.1. The molecule has 0 aliphatic carbocycles. The fourth-order valence-corrected chi connectivity index (χ4v) is 3.18. The molecule has 1 N–H and O–H groups in total. The van der Waals surface area contributed by atoms with Crippen LogP contribution in [0.3, 0.4) is 0 Å². The molecule has 1 saturated heterocycles. The zero-order valence-electron chi connectivity index (χ0n) is 15.3. The Morgan fingerprint density at radius 2 is 2.28 bits per heavy atom. The van der Waals surface area contributed by atoms with Crippen molar-refractivity contribution in [3.05, 3.63) is 34.9 Å². The molecular weight excluding hydrogens is 338 g/mol. The maximum Gasteiger partial charge on any atom is 0.193 e. The summed E-state index contributed by atoms with van der Waals surface area (Å²) in [4.78, 5) is 7.13. The van der Waals surface area contributed by atoms with Crippen LogP contribution in [0.5, 0.6) is 0 Å². The van der Waals surface area contributed by atoms with E-state index in [-0.39, 0.29) is 0 Å². The van der Waals surface area contributed by atoms with Gasteiger partial charge in [-0.2, -0.15) is 0 Å². The van der Waals surface area contributed by atoms with E-state index in [4.69, 9.17) is 26.1 Å². The fourth-order valence-electron chi connectivity index (χ4n) is 2.96. The molecule has 6 heteroatoms. The molecule has 0 spiro atoms. The zero-order valence-corrected chi connectivity index (χ0v) is 16.1. The molecule has 1 unspecified atom stereocenters. The third-order valence-electron chi connectivity index (χ3n) is 4.26. The van der Waals surface area contributed by atoms with Crippen LogP contribution in [0.1, 0.15) is 18.9 Å². The van der Waals surface area contributed by atoms with Crippen LogP contribution in [-0.4, -0.2) is 64.0 Å². The van der Waals surface area contributed by atoms with E-state index in [0.717, 1.165) is 56.6 Å². The average molecular weight is 368 g/mol. The molecule has 2 rings (SSSR count). The molecule has 1 aliphatic rings. The van der Waals surface area contributed by atoms with E-state index in [0.29, 0.717) is 19.1 Å². The van der Waals surface area contributed by atoms with Crippen LogP contribution in [-0.2, 0) is 15.9 Å². The number of nitrogens with one attached hydrogen (secondary N) is 1. The smallest absolute Gasteiger partial charge is 0.193 e. The van der Waals surface area contributed by atoms with Gasteiger partial charge in [0.2, 0.25) is 0 Å². The molecule has 1 aromatic rings. The molecule has 25 heavy (non-hydrogen) atoms. The Balaban J connectivity index is 1.81. The predicted octanol–water partition coefficient (Wildman–Crippen LogP) is 2.83. The first-order valence-electron chi connectivity index (χ1n) is 9.07. The van der Waals surface area contributed by atoms with Gasteiger partial charge in [-0.05, 0) is 37.5 Å². The summed E-state index contributed by atoms with van der Waals surface area (Å²) in [5.41, 5.74) is 1.22. The summed E-state index contributed by atoms with van der Waals surface area (Å²) in [6, 6.07) is 7.99. The van der Waals surface area contributed by atoms with Gasteiger partial charge in [-0.25, -0.2) is 0 Å². The van der Waals surface area contributed by atoms with Gasteiger partial charge >= 0.3 is 0 Å². The first kappa shape index (κ1) is 20.0. The highest BCUT2D eigenvalue weighted by Crippen LogP contribution is 2.17. The molecule has 0 amide bonds.